The lowest BCUT2D eigenvalue weighted by Crippen LogP contribution is -2.02. The Labute approximate surface area is 121 Å². The second kappa shape index (κ2) is 6.51. The summed E-state index contributed by atoms with van der Waals surface area (Å²) < 4.78 is 10.1. The van der Waals surface area contributed by atoms with Crippen LogP contribution in [-0.4, -0.2) is 18.0 Å². The Kier molecular flexibility index (Phi) is 4.50. The van der Waals surface area contributed by atoms with E-state index in [2.05, 4.69) is 4.74 Å². The van der Waals surface area contributed by atoms with Crippen LogP contribution in [0, 0.1) is 10.1 Å². The Morgan fingerprint density at radius 2 is 1.81 bits per heavy atom. The molecule has 0 heterocycles. The van der Waals surface area contributed by atoms with Crippen molar-refractivity contribution in [3.8, 4) is 5.75 Å². The molecule has 0 aliphatic heterocycles. The molecular weight excluding hydrogens is 274 g/mol. The van der Waals surface area contributed by atoms with E-state index in [1.165, 1.54) is 13.2 Å². The van der Waals surface area contributed by atoms with E-state index in [1.807, 2.05) is 0 Å². The highest BCUT2D eigenvalue weighted by Crippen LogP contribution is 2.26. The van der Waals surface area contributed by atoms with Crippen LogP contribution in [0.1, 0.15) is 15.9 Å². The molecular formula is C15H13NO5. The fraction of sp³-hybridized carbons (Fsp3) is 0.133. The molecule has 0 aliphatic carbocycles. The number of nitro groups is 1. The van der Waals surface area contributed by atoms with Crippen LogP contribution in [0.4, 0.5) is 5.69 Å². The van der Waals surface area contributed by atoms with Gasteiger partial charge in [-0.05, 0) is 23.8 Å². The van der Waals surface area contributed by atoms with Crippen molar-refractivity contribution in [2.75, 3.05) is 7.11 Å². The van der Waals surface area contributed by atoms with E-state index in [0.29, 0.717) is 5.56 Å². The third-order valence-electron chi connectivity index (χ3n) is 2.83. The standard InChI is InChI=1S/C15H13NO5/c1-20-15(17)12-8-6-11(7-9-12)10-21-14-5-3-2-4-13(14)16(18)19/h2-9H,10H2,1H3. The molecule has 0 fully saturated rings. The van der Waals surface area contributed by atoms with Crippen LogP contribution >= 0.6 is 0 Å². The zero-order chi connectivity index (χ0) is 15.2. The number of nitrogens with zero attached hydrogens (tertiary/aromatic N) is 1. The van der Waals surface area contributed by atoms with Gasteiger partial charge in [0.15, 0.2) is 5.75 Å². The Balaban J connectivity index is 2.07. The van der Waals surface area contributed by atoms with Crippen LogP contribution in [0.3, 0.4) is 0 Å². The van der Waals surface area contributed by atoms with Gasteiger partial charge < -0.3 is 9.47 Å². The smallest absolute Gasteiger partial charge is 0.337 e. The van der Waals surface area contributed by atoms with Crippen molar-refractivity contribution < 1.29 is 19.2 Å². The van der Waals surface area contributed by atoms with E-state index in [4.69, 9.17) is 4.74 Å². The number of carbonyl (C=O) groups is 1. The fourth-order valence-electron chi connectivity index (χ4n) is 1.75. The Morgan fingerprint density at radius 1 is 1.14 bits per heavy atom. The quantitative estimate of drug-likeness (QED) is 0.480. The summed E-state index contributed by atoms with van der Waals surface area (Å²) in [5.74, 6) is -0.208. The number of hydrogen-bond acceptors (Lipinski definition) is 5. The summed E-state index contributed by atoms with van der Waals surface area (Å²) in [4.78, 5) is 21.7. The summed E-state index contributed by atoms with van der Waals surface area (Å²) in [7, 11) is 1.31. The number of ether oxygens (including phenoxy) is 2. The molecule has 0 radical (unpaired) electrons. The molecule has 0 bridgehead atoms. The van der Waals surface area contributed by atoms with Gasteiger partial charge in [-0.15, -0.1) is 0 Å². The highest BCUT2D eigenvalue weighted by Gasteiger charge is 2.13. The predicted molar refractivity (Wildman–Crippen MR) is 75.2 cm³/mol. The molecule has 0 saturated carbocycles. The van der Waals surface area contributed by atoms with Gasteiger partial charge >= 0.3 is 11.7 Å². The maximum atomic E-state index is 11.3. The number of esters is 1. The molecule has 108 valence electrons. The van der Waals surface area contributed by atoms with Crippen LogP contribution in [0.15, 0.2) is 48.5 Å². The van der Waals surface area contributed by atoms with Gasteiger partial charge in [0.2, 0.25) is 0 Å². The minimum atomic E-state index is -0.490. The minimum Gasteiger partial charge on any atom is -0.482 e. The Morgan fingerprint density at radius 3 is 2.43 bits per heavy atom. The first-order chi connectivity index (χ1) is 10.1. The van der Waals surface area contributed by atoms with Gasteiger partial charge in [0.25, 0.3) is 0 Å². The van der Waals surface area contributed by atoms with E-state index < -0.39 is 10.9 Å². The average Bonchev–Trinajstić information content (AvgIpc) is 2.52. The summed E-state index contributed by atoms with van der Waals surface area (Å²) in [6.45, 7) is 0.173. The van der Waals surface area contributed by atoms with Crippen molar-refractivity contribution in [3.63, 3.8) is 0 Å². The molecule has 21 heavy (non-hydrogen) atoms. The van der Waals surface area contributed by atoms with E-state index in [0.717, 1.165) is 5.56 Å². The number of para-hydroxylation sites is 2. The number of hydrogen-bond donors (Lipinski definition) is 0. The van der Waals surface area contributed by atoms with Crippen molar-refractivity contribution in [1.29, 1.82) is 0 Å². The SMILES string of the molecule is COC(=O)c1ccc(COc2ccccc2[N+](=O)[O-])cc1. The molecule has 0 unspecified atom stereocenters. The van der Waals surface area contributed by atoms with Gasteiger partial charge in [0.05, 0.1) is 17.6 Å². The summed E-state index contributed by atoms with van der Waals surface area (Å²) in [6.07, 6.45) is 0. The zero-order valence-corrected chi connectivity index (χ0v) is 11.3. The molecule has 0 aromatic heterocycles. The third-order valence-corrected chi connectivity index (χ3v) is 2.83. The van der Waals surface area contributed by atoms with Gasteiger partial charge in [0, 0.05) is 6.07 Å². The molecule has 2 aromatic rings. The minimum absolute atomic E-state index is 0.0799. The first-order valence-electron chi connectivity index (χ1n) is 6.15. The molecule has 0 aliphatic rings. The molecule has 6 heteroatoms. The highest BCUT2D eigenvalue weighted by molar-refractivity contribution is 5.89. The lowest BCUT2D eigenvalue weighted by atomic mass is 10.1. The summed E-state index contributed by atoms with van der Waals surface area (Å²) >= 11 is 0. The van der Waals surface area contributed by atoms with Crippen molar-refractivity contribution in [1.82, 2.24) is 0 Å². The molecule has 2 rings (SSSR count). The average molecular weight is 287 g/mol. The molecule has 0 N–H and O–H groups in total. The van der Waals surface area contributed by atoms with Crippen LogP contribution in [0.2, 0.25) is 0 Å². The maximum absolute atomic E-state index is 11.3. The van der Waals surface area contributed by atoms with Crippen LogP contribution in [-0.2, 0) is 11.3 Å². The second-order valence-electron chi connectivity index (χ2n) is 4.20. The van der Waals surface area contributed by atoms with E-state index in [-0.39, 0.29) is 18.0 Å². The van der Waals surface area contributed by atoms with E-state index >= 15 is 0 Å². The fourth-order valence-corrected chi connectivity index (χ4v) is 1.75. The van der Waals surface area contributed by atoms with Gasteiger partial charge in [-0.3, -0.25) is 10.1 Å². The monoisotopic (exact) mass is 287 g/mol. The molecule has 0 saturated heterocycles. The van der Waals surface area contributed by atoms with Crippen molar-refractivity contribution in [3.05, 3.63) is 69.8 Å². The van der Waals surface area contributed by atoms with Crippen molar-refractivity contribution >= 4 is 11.7 Å². The van der Waals surface area contributed by atoms with Crippen molar-refractivity contribution in [2.24, 2.45) is 0 Å². The second-order valence-corrected chi connectivity index (χ2v) is 4.20. The third kappa shape index (κ3) is 3.56. The largest absolute Gasteiger partial charge is 0.482 e. The molecule has 0 spiro atoms. The maximum Gasteiger partial charge on any atom is 0.337 e. The Hall–Kier alpha value is -2.89. The highest BCUT2D eigenvalue weighted by atomic mass is 16.6. The van der Waals surface area contributed by atoms with E-state index in [1.54, 1.807) is 42.5 Å². The molecule has 0 atom stereocenters. The number of carbonyl (C=O) groups excluding carboxylic acids is 1. The number of nitro benzene ring substituents is 1. The normalized spacial score (nSPS) is 9.95. The summed E-state index contributed by atoms with van der Waals surface area (Å²) in [5.41, 5.74) is 1.15. The van der Waals surface area contributed by atoms with Crippen LogP contribution < -0.4 is 4.74 Å². The van der Waals surface area contributed by atoms with E-state index in [9.17, 15) is 14.9 Å². The summed E-state index contributed by atoms with van der Waals surface area (Å²) in [5, 5.41) is 10.9. The zero-order valence-electron chi connectivity index (χ0n) is 11.3. The Bertz CT molecular complexity index is 651. The van der Waals surface area contributed by atoms with Crippen LogP contribution in [0.25, 0.3) is 0 Å². The first-order valence-corrected chi connectivity index (χ1v) is 6.15. The summed E-state index contributed by atoms with van der Waals surface area (Å²) in [6, 6.07) is 12.8. The molecule has 6 nitrogen and oxygen atoms in total. The number of benzene rings is 2. The number of methoxy groups -OCH3 is 1. The number of rotatable bonds is 5. The predicted octanol–water partition coefficient (Wildman–Crippen LogP) is 2.96. The van der Waals surface area contributed by atoms with Gasteiger partial charge in [-0.2, -0.15) is 0 Å². The lowest BCUT2D eigenvalue weighted by molar-refractivity contribution is -0.385. The molecule has 2 aromatic carbocycles. The van der Waals surface area contributed by atoms with Gasteiger partial charge in [-0.1, -0.05) is 24.3 Å². The van der Waals surface area contributed by atoms with Crippen LogP contribution in [0.5, 0.6) is 5.75 Å². The van der Waals surface area contributed by atoms with Gasteiger partial charge in [-0.25, -0.2) is 4.79 Å². The first kappa shape index (κ1) is 14.5. The van der Waals surface area contributed by atoms with Crippen molar-refractivity contribution in [2.45, 2.75) is 6.61 Å². The topological polar surface area (TPSA) is 78.7 Å². The lowest BCUT2D eigenvalue weighted by Gasteiger charge is -2.07. The molecule has 0 amide bonds. The van der Waals surface area contributed by atoms with Gasteiger partial charge in [0.1, 0.15) is 6.61 Å².